The fourth-order valence-electron chi connectivity index (χ4n) is 4.91. The molecule has 2 aromatic heterocycles. The lowest BCUT2D eigenvalue weighted by molar-refractivity contribution is -0.265. The Bertz CT molecular complexity index is 1780. The van der Waals surface area contributed by atoms with Crippen LogP contribution in [0.3, 0.4) is 0 Å². The first-order valence-corrected chi connectivity index (χ1v) is 14.7. The van der Waals surface area contributed by atoms with Crippen molar-refractivity contribution in [3.63, 3.8) is 0 Å². The van der Waals surface area contributed by atoms with Crippen LogP contribution < -0.4 is 20.5 Å². The number of thiazole rings is 1. The highest BCUT2D eigenvalue weighted by atomic mass is 32.1. The van der Waals surface area contributed by atoms with E-state index in [1.807, 2.05) is 0 Å². The molecule has 4 N–H and O–H groups in total. The van der Waals surface area contributed by atoms with Gasteiger partial charge in [0.05, 0.1) is 23.9 Å². The summed E-state index contributed by atoms with van der Waals surface area (Å²) in [6.45, 7) is -0.226. The number of ether oxygens (including phenoxy) is 2. The van der Waals surface area contributed by atoms with E-state index in [2.05, 4.69) is 15.3 Å². The highest BCUT2D eigenvalue weighted by molar-refractivity contribution is 7.13. The van der Waals surface area contributed by atoms with E-state index in [9.17, 15) is 32.3 Å². The molecule has 3 heterocycles. The van der Waals surface area contributed by atoms with Gasteiger partial charge in [-0.15, -0.1) is 11.3 Å². The zero-order valence-corrected chi connectivity index (χ0v) is 24.5. The van der Waals surface area contributed by atoms with Crippen molar-refractivity contribution >= 4 is 23.2 Å². The van der Waals surface area contributed by atoms with Gasteiger partial charge in [-0.1, -0.05) is 0 Å². The van der Waals surface area contributed by atoms with Crippen LogP contribution in [-0.4, -0.2) is 52.3 Å². The van der Waals surface area contributed by atoms with E-state index in [0.717, 1.165) is 31.0 Å². The van der Waals surface area contributed by atoms with Crippen molar-refractivity contribution in [2.75, 3.05) is 13.2 Å². The molecule has 45 heavy (non-hydrogen) atoms. The lowest BCUT2D eigenvalue weighted by Gasteiger charge is -2.31. The van der Waals surface area contributed by atoms with Crippen LogP contribution in [-0.2, 0) is 15.8 Å². The van der Waals surface area contributed by atoms with Crippen molar-refractivity contribution in [2.45, 2.75) is 43.1 Å². The number of rotatable bonds is 9. The molecule has 234 valence electrons. The Morgan fingerprint density at radius 3 is 2.53 bits per heavy atom. The van der Waals surface area contributed by atoms with Gasteiger partial charge < -0.3 is 25.6 Å². The lowest BCUT2D eigenvalue weighted by Crippen LogP contribution is -2.51. The second-order valence-corrected chi connectivity index (χ2v) is 12.0. The summed E-state index contributed by atoms with van der Waals surface area (Å²) in [4.78, 5) is 34.0. The number of pyridine rings is 1. The summed E-state index contributed by atoms with van der Waals surface area (Å²) in [5.74, 6) is -2.05. The Kier molecular flexibility index (Phi) is 7.52. The van der Waals surface area contributed by atoms with Crippen LogP contribution in [0.2, 0.25) is 0 Å². The number of aliphatic hydroxyl groups is 1. The van der Waals surface area contributed by atoms with E-state index < -0.39 is 47.1 Å². The summed E-state index contributed by atoms with van der Waals surface area (Å²) >= 11 is 1.36. The zero-order valence-electron chi connectivity index (χ0n) is 23.7. The number of halogens is 4. The highest BCUT2D eigenvalue weighted by Crippen LogP contribution is 2.48. The predicted molar refractivity (Wildman–Crippen MR) is 155 cm³/mol. The van der Waals surface area contributed by atoms with Gasteiger partial charge >= 0.3 is 6.18 Å². The minimum Gasteiger partial charge on any atom is -0.490 e. The van der Waals surface area contributed by atoms with Crippen molar-refractivity contribution in [1.82, 2.24) is 15.3 Å². The fourth-order valence-corrected chi connectivity index (χ4v) is 5.58. The minimum atomic E-state index is -5.35. The van der Waals surface area contributed by atoms with E-state index in [0.29, 0.717) is 16.3 Å². The Labute approximate surface area is 258 Å². The number of carbonyl (C=O) groups is 2. The first-order valence-electron chi connectivity index (χ1n) is 13.8. The molecule has 1 fully saturated rings. The van der Waals surface area contributed by atoms with E-state index in [1.165, 1.54) is 42.5 Å². The van der Waals surface area contributed by atoms with Crippen LogP contribution in [0, 0.1) is 5.82 Å². The Morgan fingerprint density at radius 2 is 1.91 bits per heavy atom. The number of nitrogens with one attached hydrogen (secondary N) is 1. The standard InChI is InChI=1S/C31H26F4N4O5S/c1-29(28(36)41)15-43-25-21(29)13-23(39-24(25)16-2-5-18(32)6-3-16)30(42,31(33,34)35)14-38-26(40)17-4-9-20(27-37-10-11-45-27)22(12-17)44-19-7-8-19/h2-6,9-13,19,42H,7-8,14-15H2,1H3,(H2,36,41)(H,38,40)/t29-,30-/m0/s1. The maximum Gasteiger partial charge on any atom is 0.424 e. The number of hydrogen-bond acceptors (Lipinski definition) is 8. The van der Waals surface area contributed by atoms with Gasteiger partial charge in [0.15, 0.2) is 0 Å². The number of primary amides is 1. The molecular weight excluding hydrogens is 616 g/mol. The van der Waals surface area contributed by atoms with E-state index >= 15 is 0 Å². The molecule has 4 aromatic rings. The van der Waals surface area contributed by atoms with Gasteiger partial charge in [0.25, 0.3) is 5.91 Å². The smallest absolute Gasteiger partial charge is 0.424 e. The summed E-state index contributed by atoms with van der Waals surface area (Å²) in [6.07, 6.45) is -2.10. The molecule has 0 unspecified atom stereocenters. The van der Waals surface area contributed by atoms with Crippen molar-refractivity contribution in [1.29, 1.82) is 0 Å². The Hall–Kier alpha value is -4.56. The number of amides is 2. The van der Waals surface area contributed by atoms with Gasteiger partial charge in [-0.2, -0.15) is 13.2 Å². The van der Waals surface area contributed by atoms with Crippen molar-refractivity contribution in [3.05, 3.63) is 82.7 Å². The third-order valence-corrected chi connectivity index (χ3v) is 8.66. The van der Waals surface area contributed by atoms with E-state index in [4.69, 9.17) is 15.2 Å². The van der Waals surface area contributed by atoms with Gasteiger partial charge in [0.2, 0.25) is 11.5 Å². The lowest BCUT2D eigenvalue weighted by atomic mass is 9.81. The van der Waals surface area contributed by atoms with Crippen LogP contribution in [0.1, 0.15) is 41.4 Å². The van der Waals surface area contributed by atoms with Gasteiger partial charge in [-0.05, 0) is 68.3 Å². The molecule has 6 rings (SSSR count). The number of nitrogens with zero attached hydrogens (tertiary/aromatic N) is 2. The van der Waals surface area contributed by atoms with Crippen LogP contribution >= 0.6 is 11.3 Å². The molecule has 0 saturated heterocycles. The molecule has 1 aliphatic heterocycles. The molecular formula is C31H26F4N4O5S. The zero-order chi connectivity index (χ0) is 32.1. The third kappa shape index (κ3) is 5.59. The SMILES string of the molecule is C[C@]1(C(N)=O)COc2c1cc([C@@](O)(CNC(=O)c1ccc(-c3nccs3)c(OC3CC3)c1)C(F)(F)F)nc2-c1ccc(F)cc1. The predicted octanol–water partition coefficient (Wildman–Crippen LogP) is 4.87. The summed E-state index contributed by atoms with van der Waals surface area (Å²) in [5, 5.41) is 15.9. The number of hydrogen-bond donors (Lipinski definition) is 3. The molecule has 14 heteroatoms. The topological polar surface area (TPSA) is 137 Å². The average Bonchev–Trinajstić information content (AvgIpc) is 3.51. The molecule has 1 aliphatic carbocycles. The normalized spacial score (nSPS) is 18.9. The second kappa shape index (κ2) is 11.1. The first kappa shape index (κ1) is 30.5. The van der Waals surface area contributed by atoms with Gasteiger partial charge in [0, 0.05) is 28.3 Å². The van der Waals surface area contributed by atoms with Crippen molar-refractivity contribution in [3.8, 4) is 33.3 Å². The average molecular weight is 643 g/mol. The Balaban J connectivity index is 1.37. The van der Waals surface area contributed by atoms with E-state index in [1.54, 1.807) is 17.6 Å². The Morgan fingerprint density at radius 1 is 1.18 bits per heavy atom. The minimum absolute atomic E-state index is 0.000835. The largest absolute Gasteiger partial charge is 0.490 e. The van der Waals surface area contributed by atoms with Crippen LogP contribution in [0.25, 0.3) is 21.8 Å². The molecule has 2 aliphatic rings. The maximum atomic E-state index is 14.7. The van der Waals surface area contributed by atoms with Crippen molar-refractivity contribution < 1.29 is 41.7 Å². The fraction of sp³-hybridized carbons (Fsp3) is 0.290. The van der Waals surface area contributed by atoms with Gasteiger partial charge in [0.1, 0.15) is 40.0 Å². The molecule has 2 amide bonds. The summed E-state index contributed by atoms with van der Waals surface area (Å²) in [5.41, 5.74) is 0.0128. The van der Waals surface area contributed by atoms with Crippen LogP contribution in [0.4, 0.5) is 17.6 Å². The molecule has 0 spiro atoms. The summed E-state index contributed by atoms with van der Waals surface area (Å²) in [7, 11) is 0. The van der Waals surface area contributed by atoms with E-state index in [-0.39, 0.29) is 40.8 Å². The quantitative estimate of drug-likeness (QED) is 0.222. The van der Waals surface area contributed by atoms with Gasteiger partial charge in [-0.25, -0.2) is 14.4 Å². The molecule has 9 nitrogen and oxygen atoms in total. The summed E-state index contributed by atoms with van der Waals surface area (Å²) in [6, 6.07) is 10.1. The number of fused-ring (bicyclic) bond motifs is 1. The maximum absolute atomic E-state index is 14.7. The third-order valence-electron chi connectivity index (χ3n) is 7.86. The number of carbonyl (C=O) groups excluding carboxylic acids is 2. The number of nitrogens with two attached hydrogens (primary N) is 1. The molecule has 2 atom stereocenters. The molecule has 0 radical (unpaired) electrons. The summed E-state index contributed by atoms with van der Waals surface area (Å²) < 4.78 is 69.5. The van der Waals surface area contributed by atoms with Crippen LogP contribution in [0.5, 0.6) is 11.5 Å². The number of benzene rings is 2. The number of alkyl halides is 3. The first-order chi connectivity index (χ1) is 21.3. The molecule has 0 bridgehead atoms. The molecule has 1 saturated carbocycles. The number of aromatic nitrogens is 2. The van der Waals surface area contributed by atoms with Crippen LogP contribution in [0.15, 0.2) is 60.1 Å². The van der Waals surface area contributed by atoms with Gasteiger partial charge in [-0.3, -0.25) is 9.59 Å². The highest BCUT2D eigenvalue weighted by Gasteiger charge is 2.57. The monoisotopic (exact) mass is 642 g/mol. The second-order valence-electron chi connectivity index (χ2n) is 11.1. The molecule has 2 aromatic carbocycles. The van der Waals surface area contributed by atoms with Crippen molar-refractivity contribution in [2.24, 2.45) is 5.73 Å².